The molecule has 0 amide bonds. The van der Waals surface area contributed by atoms with Crippen LogP contribution in [0.15, 0.2) is 42.6 Å². The molecule has 2 atom stereocenters. The molecule has 3 aromatic rings. The molecule has 6 nitrogen and oxygen atoms in total. The molecule has 9 heteroatoms. The Bertz CT molecular complexity index is 1200. The summed E-state index contributed by atoms with van der Waals surface area (Å²) in [4.78, 5) is 8.24. The van der Waals surface area contributed by atoms with E-state index in [1.165, 1.54) is 13.2 Å². The van der Waals surface area contributed by atoms with E-state index in [-0.39, 0.29) is 34.5 Å². The Hall–Kier alpha value is -3.01. The van der Waals surface area contributed by atoms with Gasteiger partial charge in [0.25, 0.3) is 0 Å². The van der Waals surface area contributed by atoms with Gasteiger partial charge in [-0.05, 0) is 55.9 Å². The maximum Gasteiger partial charge on any atom is 0.213 e. The molecule has 4 rings (SSSR count). The summed E-state index contributed by atoms with van der Waals surface area (Å²) >= 11 is 0. The first-order chi connectivity index (χ1) is 16.9. The highest BCUT2D eigenvalue weighted by atomic mass is 19.1. The van der Waals surface area contributed by atoms with Gasteiger partial charge in [-0.3, -0.25) is 4.98 Å². The van der Waals surface area contributed by atoms with Gasteiger partial charge in [-0.1, -0.05) is 12.2 Å². The second-order valence-corrected chi connectivity index (χ2v) is 8.76. The van der Waals surface area contributed by atoms with Gasteiger partial charge in [0.05, 0.1) is 24.9 Å². The van der Waals surface area contributed by atoms with Crippen LogP contribution in [0.5, 0.6) is 5.88 Å². The summed E-state index contributed by atoms with van der Waals surface area (Å²) in [6, 6.07) is 6.71. The standard InChI is InChI=1S/C26H28F3N3O3/c1-35-22-11-10-21-24(32-22)23(20(29)14-31-21)26(34)25(33)15-4-7-18(8-5-15)30-12-2-3-16-13-17(27)6-9-19(16)28/h2-3,6,9-11,13-15,18,25-26,30,33-34H,4-5,7-8,12H2,1H3/t15?,18?,25-,26-/m1/s1. The molecule has 2 heterocycles. The lowest BCUT2D eigenvalue weighted by Crippen LogP contribution is -2.38. The number of fused-ring (bicyclic) bond motifs is 1. The van der Waals surface area contributed by atoms with Crippen LogP contribution in [0.25, 0.3) is 17.1 Å². The molecule has 0 saturated heterocycles. The van der Waals surface area contributed by atoms with Crippen LogP contribution >= 0.6 is 0 Å². The minimum atomic E-state index is -1.46. The Balaban J connectivity index is 1.34. The van der Waals surface area contributed by atoms with Gasteiger partial charge in [-0.15, -0.1) is 0 Å². The predicted octanol–water partition coefficient (Wildman–Crippen LogP) is 4.31. The average Bonchev–Trinajstić information content (AvgIpc) is 2.87. The summed E-state index contributed by atoms with van der Waals surface area (Å²) < 4.78 is 46.7. The van der Waals surface area contributed by atoms with Crippen LogP contribution in [0.2, 0.25) is 0 Å². The third kappa shape index (κ3) is 5.80. The van der Waals surface area contributed by atoms with E-state index in [4.69, 9.17) is 4.74 Å². The zero-order chi connectivity index (χ0) is 24.9. The summed E-state index contributed by atoms with van der Waals surface area (Å²) in [6.07, 6.45) is 4.45. The normalized spacial score (nSPS) is 20.3. The summed E-state index contributed by atoms with van der Waals surface area (Å²) in [5.74, 6) is -1.67. The third-order valence-electron chi connectivity index (χ3n) is 6.54. The molecule has 1 saturated carbocycles. The number of rotatable bonds is 8. The van der Waals surface area contributed by atoms with Gasteiger partial charge in [-0.2, -0.15) is 0 Å². The summed E-state index contributed by atoms with van der Waals surface area (Å²) in [7, 11) is 1.44. The zero-order valence-electron chi connectivity index (χ0n) is 19.3. The summed E-state index contributed by atoms with van der Waals surface area (Å²) in [5.41, 5.74) is 0.660. The molecule has 3 N–H and O–H groups in total. The molecule has 1 aliphatic rings. The summed E-state index contributed by atoms with van der Waals surface area (Å²) in [6.45, 7) is 0.484. The highest BCUT2D eigenvalue weighted by Gasteiger charge is 2.33. The molecule has 1 fully saturated rings. The van der Waals surface area contributed by atoms with Gasteiger partial charge in [0.2, 0.25) is 5.88 Å². The van der Waals surface area contributed by atoms with Crippen molar-refractivity contribution in [1.29, 1.82) is 0 Å². The van der Waals surface area contributed by atoms with E-state index in [9.17, 15) is 23.4 Å². The van der Waals surface area contributed by atoms with Crippen LogP contribution in [0.3, 0.4) is 0 Å². The van der Waals surface area contributed by atoms with Crippen LogP contribution < -0.4 is 10.1 Å². The molecule has 186 valence electrons. The van der Waals surface area contributed by atoms with Crippen molar-refractivity contribution in [2.75, 3.05) is 13.7 Å². The number of aliphatic hydroxyl groups is 2. The van der Waals surface area contributed by atoms with Gasteiger partial charge in [0, 0.05) is 29.8 Å². The van der Waals surface area contributed by atoms with E-state index < -0.39 is 29.7 Å². The lowest BCUT2D eigenvalue weighted by Gasteiger charge is -2.34. The molecule has 0 spiro atoms. The van der Waals surface area contributed by atoms with Crippen LogP contribution in [-0.2, 0) is 0 Å². The molecular weight excluding hydrogens is 459 g/mol. The van der Waals surface area contributed by atoms with Crippen molar-refractivity contribution in [3.63, 3.8) is 0 Å². The second-order valence-electron chi connectivity index (χ2n) is 8.76. The van der Waals surface area contributed by atoms with E-state index in [2.05, 4.69) is 15.3 Å². The highest BCUT2D eigenvalue weighted by Crippen LogP contribution is 2.35. The number of aliphatic hydroxyl groups excluding tert-OH is 2. The summed E-state index contributed by atoms with van der Waals surface area (Å²) in [5, 5.41) is 25.1. The topological polar surface area (TPSA) is 87.5 Å². The quantitative estimate of drug-likeness (QED) is 0.439. The van der Waals surface area contributed by atoms with Crippen molar-refractivity contribution in [3.05, 3.63) is 71.2 Å². The first-order valence-corrected chi connectivity index (χ1v) is 11.6. The number of hydrogen-bond donors (Lipinski definition) is 3. The number of halogens is 3. The van der Waals surface area contributed by atoms with Gasteiger partial charge < -0.3 is 20.3 Å². The molecule has 1 aliphatic carbocycles. The number of aromatic nitrogens is 2. The van der Waals surface area contributed by atoms with Crippen LogP contribution in [0, 0.1) is 23.4 Å². The zero-order valence-corrected chi connectivity index (χ0v) is 19.3. The van der Waals surface area contributed by atoms with Crippen molar-refractivity contribution in [2.45, 2.75) is 43.9 Å². The molecule has 1 aromatic carbocycles. The maximum absolute atomic E-state index is 14.7. The van der Waals surface area contributed by atoms with Crippen LogP contribution in [0.4, 0.5) is 13.2 Å². The fraction of sp³-hybridized carbons (Fsp3) is 0.385. The second kappa shape index (κ2) is 11.2. The predicted molar refractivity (Wildman–Crippen MR) is 126 cm³/mol. The first-order valence-electron chi connectivity index (χ1n) is 11.6. The molecule has 0 aliphatic heterocycles. The molecule has 0 unspecified atom stereocenters. The van der Waals surface area contributed by atoms with E-state index in [1.807, 2.05) is 0 Å². The largest absolute Gasteiger partial charge is 0.481 e. The fourth-order valence-corrected chi connectivity index (χ4v) is 4.60. The minimum absolute atomic E-state index is 0.0867. The van der Waals surface area contributed by atoms with E-state index >= 15 is 0 Å². The smallest absolute Gasteiger partial charge is 0.213 e. The van der Waals surface area contributed by atoms with E-state index in [1.54, 1.807) is 18.2 Å². The highest BCUT2D eigenvalue weighted by molar-refractivity contribution is 5.78. The first kappa shape index (κ1) is 25.1. The Morgan fingerprint density at radius 1 is 1.09 bits per heavy atom. The van der Waals surface area contributed by atoms with Crippen LogP contribution in [0.1, 0.15) is 42.9 Å². The van der Waals surface area contributed by atoms with Crippen molar-refractivity contribution in [1.82, 2.24) is 15.3 Å². The number of hydrogen-bond acceptors (Lipinski definition) is 6. The lowest BCUT2D eigenvalue weighted by molar-refractivity contribution is -0.0315. The molecule has 2 aromatic heterocycles. The van der Waals surface area contributed by atoms with Crippen molar-refractivity contribution >= 4 is 17.1 Å². The lowest BCUT2D eigenvalue weighted by atomic mass is 9.80. The number of ether oxygens (including phenoxy) is 1. The number of methoxy groups -OCH3 is 1. The molecule has 35 heavy (non-hydrogen) atoms. The Morgan fingerprint density at radius 2 is 1.86 bits per heavy atom. The maximum atomic E-state index is 14.7. The average molecular weight is 488 g/mol. The Labute approximate surface area is 201 Å². The SMILES string of the molecule is COc1ccc2ncc(F)c([C@@H](O)[C@H](O)C3CCC(NCC=Cc4cc(F)ccc4F)CC3)c2n1. The van der Waals surface area contributed by atoms with Gasteiger partial charge in [0.1, 0.15) is 29.1 Å². The number of pyridine rings is 2. The van der Waals surface area contributed by atoms with E-state index in [0.717, 1.165) is 37.2 Å². The Morgan fingerprint density at radius 3 is 2.60 bits per heavy atom. The monoisotopic (exact) mass is 487 g/mol. The van der Waals surface area contributed by atoms with E-state index in [0.29, 0.717) is 24.9 Å². The van der Waals surface area contributed by atoms with Gasteiger partial charge in [-0.25, -0.2) is 18.2 Å². The molecule has 0 radical (unpaired) electrons. The van der Waals surface area contributed by atoms with Crippen molar-refractivity contribution < 1.29 is 28.1 Å². The van der Waals surface area contributed by atoms with Gasteiger partial charge in [0.15, 0.2) is 0 Å². The minimum Gasteiger partial charge on any atom is -0.481 e. The molecule has 0 bridgehead atoms. The van der Waals surface area contributed by atoms with Crippen molar-refractivity contribution in [2.24, 2.45) is 5.92 Å². The molecular formula is C26H28F3N3O3. The Kier molecular flexibility index (Phi) is 8.00. The number of nitrogens with one attached hydrogen (secondary N) is 1. The van der Waals surface area contributed by atoms with Crippen LogP contribution in [-0.4, -0.2) is 46.0 Å². The van der Waals surface area contributed by atoms with Crippen molar-refractivity contribution in [3.8, 4) is 5.88 Å². The number of nitrogens with zero attached hydrogens (tertiary/aromatic N) is 2. The fourth-order valence-electron chi connectivity index (χ4n) is 4.60. The third-order valence-corrected chi connectivity index (χ3v) is 6.54. The van der Waals surface area contributed by atoms with Gasteiger partial charge >= 0.3 is 0 Å². The number of benzene rings is 1.